The number of carbonyl (C=O) groups excluding carboxylic acids is 7. The predicted octanol–water partition coefficient (Wildman–Crippen LogP) is 4.52. The minimum Gasteiger partial charge on any atom is -0.351 e. The highest BCUT2D eigenvalue weighted by molar-refractivity contribution is 6.37. The van der Waals surface area contributed by atoms with Gasteiger partial charge in [0.15, 0.2) is 0 Å². The molecule has 71 heavy (non-hydrogen) atoms. The van der Waals surface area contributed by atoms with Gasteiger partial charge >= 0.3 is 0 Å². The topological polar surface area (TPSA) is 285 Å². The number of fused-ring (bicyclic) bond motifs is 1. The van der Waals surface area contributed by atoms with Crippen LogP contribution in [0.1, 0.15) is 72.5 Å². The number of imide groups is 2. The number of nitro groups is 2. The first-order valence-corrected chi connectivity index (χ1v) is 22.2. The van der Waals surface area contributed by atoms with E-state index >= 15 is 0 Å². The van der Waals surface area contributed by atoms with Gasteiger partial charge in [-0.1, -0.05) is 42.5 Å². The Labute approximate surface area is 401 Å². The van der Waals surface area contributed by atoms with Crippen molar-refractivity contribution in [2.75, 3.05) is 57.3 Å². The van der Waals surface area contributed by atoms with E-state index in [2.05, 4.69) is 31.6 Å². The van der Waals surface area contributed by atoms with Gasteiger partial charge in [-0.3, -0.25) is 63.7 Å². The van der Waals surface area contributed by atoms with Gasteiger partial charge in [-0.05, 0) is 59.3 Å². The monoisotopic (exact) mass is 956 g/mol. The molecule has 7 aromatic rings. The van der Waals surface area contributed by atoms with Gasteiger partial charge in [0, 0.05) is 115 Å². The van der Waals surface area contributed by atoms with Crippen molar-refractivity contribution in [2.24, 2.45) is 0 Å². The third-order valence-corrected chi connectivity index (χ3v) is 12.0. The smallest absolute Gasteiger partial charge is 0.282 e. The van der Waals surface area contributed by atoms with Gasteiger partial charge in [0.1, 0.15) is 5.56 Å². The second-order valence-electron chi connectivity index (χ2n) is 16.4. The molecule has 0 saturated heterocycles. The van der Waals surface area contributed by atoms with Crippen molar-refractivity contribution in [1.29, 1.82) is 0 Å². The quantitative estimate of drug-likeness (QED) is 0.0342. The number of nitrogens with zero attached hydrogens (tertiary/aromatic N) is 5. The number of hydrogen-bond acceptors (Lipinski definition) is 14. The number of aromatic nitrogens is 1. The second kappa shape index (κ2) is 19.7. The molecular weight excluding hydrogens is 917 g/mol. The highest BCUT2D eigenvalue weighted by Crippen LogP contribution is 2.38. The van der Waals surface area contributed by atoms with Gasteiger partial charge in [0.25, 0.3) is 52.7 Å². The van der Waals surface area contributed by atoms with Crippen molar-refractivity contribution in [3.05, 3.63) is 175 Å². The van der Waals surface area contributed by atoms with Gasteiger partial charge in [-0.25, -0.2) is 4.90 Å². The van der Waals surface area contributed by atoms with E-state index in [4.69, 9.17) is 0 Å². The van der Waals surface area contributed by atoms with Crippen molar-refractivity contribution in [2.45, 2.75) is 0 Å². The van der Waals surface area contributed by atoms with Gasteiger partial charge in [-0.2, -0.15) is 0 Å². The minimum atomic E-state index is -1.03. The molecule has 2 aliphatic heterocycles. The molecule has 0 fully saturated rings. The van der Waals surface area contributed by atoms with E-state index < -0.39 is 51.0 Å². The first-order chi connectivity index (χ1) is 34.3. The maximum atomic E-state index is 14.2. The summed E-state index contributed by atoms with van der Waals surface area (Å²) in [6.07, 6.45) is 1.50. The summed E-state index contributed by atoms with van der Waals surface area (Å²) in [7, 11) is 0. The Bertz CT molecular complexity index is 3450. The Morgan fingerprint density at radius 1 is 0.521 bits per heavy atom. The molecule has 9 rings (SSSR count). The fourth-order valence-corrected chi connectivity index (χ4v) is 8.66. The Kier molecular flexibility index (Phi) is 13.0. The molecule has 21 heteroatoms. The molecular formula is C50H40N10O11. The zero-order valence-electron chi connectivity index (χ0n) is 37.4. The lowest BCUT2D eigenvalue weighted by molar-refractivity contribution is -0.385. The molecule has 6 aromatic carbocycles. The van der Waals surface area contributed by atoms with Crippen LogP contribution < -0.4 is 31.5 Å². The van der Waals surface area contributed by atoms with Crippen LogP contribution in [0.4, 0.5) is 17.1 Å². The van der Waals surface area contributed by atoms with Crippen LogP contribution in [0.2, 0.25) is 0 Å². The third-order valence-electron chi connectivity index (χ3n) is 12.0. The van der Waals surface area contributed by atoms with Gasteiger partial charge < -0.3 is 26.6 Å². The second-order valence-corrected chi connectivity index (χ2v) is 16.4. The molecule has 21 nitrogen and oxygen atoms in total. The summed E-state index contributed by atoms with van der Waals surface area (Å²) in [5, 5.41) is 40.2. The van der Waals surface area contributed by atoms with Gasteiger partial charge in [-0.15, -0.1) is 0 Å². The third kappa shape index (κ3) is 9.20. The summed E-state index contributed by atoms with van der Waals surface area (Å²) < 4.78 is 0. The van der Waals surface area contributed by atoms with Crippen LogP contribution in [-0.4, -0.2) is 113 Å². The van der Waals surface area contributed by atoms with Crippen molar-refractivity contribution in [1.82, 2.24) is 36.5 Å². The van der Waals surface area contributed by atoms with Crippen LogP contribution in [0.25, 0.3) is 32.4 Å². The standard InChI is InChI=1S/C50H40N10O11/c61-44(53-16-13-51-14-17-55-46(63)33-21-29-5-1-2-10-39(29)56-27-33)31-22-32(25-34(24-31)58-49(66)37-9-3-6-28-11-12-40(60(70)71)43(42(28)37)50(58)67)45(62)54-18-15-52-19-20-57-47(64)36-8-4-7-30-23-35(59(68)69)26-38(41(30)36)48(57)65/h1-12,21-27,51-52H,13-20H2,(H,53,61)(H,54,62)(H,55,63). The molecule has 0 bridgehead atoms. The Morgan fingerprint density at radius 2 is 1.11 bits per heavy atom. The number of carbonyl (C=O) groups is 7. The lowest BCUT2D eigenvalue weighted by atomic mass is 9.92. The molecule has 0 radical (unpaired) electrons. The largest absolute Gasteiger partial charge is 0.351 e. The van der Waals surface area contributed by atoms with E-state index in [-0.39, 0.29) is 102 Å². The van der Waals surface area contributed by atoms with E-state index in [0.717, 1.165) is 21.9 Å². The summed E-state index contributed by atoms with van der Waals surface area (Å²) in [4.78, 5) is 124. The summed E-state index contributed by atoms with van der Waals surface area (Å²) in [5.74, 6) is -4.82. The van der Waals surface area contributed by atoms with Crippen molar-refractivity contribution >= 4 is 90.9 Å². The molecule has 356 valence electrons. The fraction of sp³-hybridized carbons (Fsp3) is 0.160. The summed E-state index contributed by atoms with van der Waals surface area (Å²) in [6.45, 7) is 1.04. The molecule has 1 aromatic heterocycles. The highest BCUT2D eigenvalue weighted by atomic mass is 16.6. The molecule has 3 heterocycles. The van der Waals surface area contributed by atoms with Crippen LogP contribution in [-0.2, 0) is 0 Å². The number of para-hydroxylation sites is 1. The maximum Gasteiger partial charge on any atom is 0.282 e. The molecule has 0 unspecified atom stereocenters. The number of amides is 7. The van der Waals surface area contributed by atoms with E-state index in [9.17, 15) is 53.8 Å². The number of rotatable bonds is 18. The zero-order chi connectivity index (χ0) is 49.9. The van der Waals surface area contributed by atoms with Crippen LogP contribution in [0.15, 0.2) is 115 Å². The van der Waals surface area contributed by atoms with Crippen molar-refractivity contribution < 1.29 is 43.4 Å². The van der Waals surface area contributed by atoms with Gasteiger partial charge in [0.05, 0.1) is 32.2 Å². The average molecular weight is 957 g/mol. The van der Waals surface area contributed by atoms with Crippen LogP contribution >= 0.6 is 0 Å². The van der Waals surface area contributed by atoms with E-state index in [0.29, 0.717) is 33.2 Å². The predicted molar refractivity (Wildman–Crippen MR) is 259 cm³/mol. The molecule has 2 aliphatic rings. The Morgan fingerprint density at radius 3 is 1.77 bits per heavy atom. The SMILES string of the molecule is O=C(NCCNCCNC(=O)c1cnc2ccccc2c1)c1cc(C(=O)NCCNCCN2C(=O)c3cccc4cc([N+](=O)[O-])cc(c34)C2=O)cc(N2C(=O)c3cccc4ccc([N+](=O)[O-])c(c34)C2=O)c1. The number of pyridine rings is 1. The number of hydrogen-bond donors (Lipinski definition) is 5. The van der Waals surface area contributed by atoms with E-state index in [1.54, 1.807) is 36.4 Å². The van der Waals surface area contributed by atoms with E-state index in [1.165, 1.54) is 48.7 Å². The number of benzene rings is 6. The summed E-state index contributed by atoms with van der Waals surface area (Å²) in [6, 6.07) is 27.3. The van der Waals surface area contributed by atoms with Crippen molar-refractivity contribution in [3.8, 4) is 0 Å². The lowest BCUT2D eigenvalue weighted by Gasteiger charge is -2.27. The fourth-order valence-electron chi connectivity index (χ4n) is 8.66. The molecule has 0 aliphatic carbocycles. The molecule has 7 amide bonds. The first kappa shape index (κ1) is 46.8. The number of anilines is 1. The maximum absolute atomic E-state index is 14.2. The molecule has 0 spiro atoms. The number of non-ortho nitro benzene ring substituents is 1. The number of nitro benzene ring substituents is 2. The first-order valence-electron chi connectivity index (χ1n) is 22.2. The van der Waals surface area contributed by atoms with Gasteiger partial charge in [0.2, 0.25) is 0 Å². The highest BCUT2D eigenvalue weighted by Gasteiger charge is 2.40. The van der Waals surface area contributed by atoms with Crippen LogP contribution in [0.5, 0.6) is 0 Å². The zero-order valence-corrected chi connectivity index (χ0v) is 37.4. The van der Waals surface area contributed by atoms with E-state index in [1.807, 2.05) is 24.3 Å². The molecule has 0 saturated carbocycles. The van der Waals surface area contributed by atoms with Crippen LogP contribution in [0, 0.1) is 20.2 Å². The Hall–Kier alpha value is -9.34. The van der Waals surface area contributed by atoms with Crippen LogP contribution in [0.3, 0.4) is 0 Å². The lowest BCUT2D eigenvalue weighted by Crippen LogP contribution is -2.44. The normalized spacial score (nSPS) is 13.0. The van der Waals surface area contributed by atoms with Crippen molar-refractivity contribution in [3.63, 3.8) is 0 Å². The average Bonchev–Trinajstić information content (AvgIpc) is 3.37. The molecule has 5 N–H and O–H groups in total. The number of nitrogens with one attached hydrogen (secondary N) is 5. The Balaban J connectivity index is 0.856. The minimum absolute atomic E-state index is 0.000505. The summed E-state index contributed by atoms with van der Waals surface area (Å²) >= 11 is 0. The molecule has 0 atom stereocenters. The summed E-state index contributed by atoms with van der Waals surface area (Å²) in [5.41, 5.74) is -0.191.